The van der Waals surface area contributed by atoms with E-state index in [2.05, 4.69) is 52.1 Å². The molecule has 1 N–H and O–H groups in total. The fourth-order valence-corrected chi connectivity index (χ4v) is 2.72. The average Bonchev–Trinajstić information content (AvgIpc) is 2.30. The Labute approximate surface area is 119 Å². The molecule has 0 unspecified atom stereocenters. The molecule has 0 amide bonds. The summed E-state index contributed by atoms with van der Waals surface area (Å²) in [7, 11) is 0. The SMILES string of the molecule is Cc1cc(C)c(CCCCCNCC(C)C)c(C)c1. The van der Waals surface area contributed by atoms with Gasteiger partial charge >= 0.3 is 0 Å². The predicted molar refractivity (Wildman–Crippen MR) is 85.9 cm³/mol. The molecule has 1 heteroatoms. The first-order chi connectivity index (χ1) is 9.00. The molecule has 0 heterocycles. The van der Waals surface area contributed by atoms with Crippen LogP contribution in [0.3, 0.4) is 0 Å². The first-order valence-electron chi connectivity index (χ1n) is 7.78. The molecule has 19 heavy (non-hydrogen) atoms. The van der Waals surface area contributed by atoms with Crippen LogP contribution in [0.4, 0.5) is 0 Å². The minimum atomic E-state index is 0.762. The largest absolute Gasteiger partial charge is 0.316 e. The predicted octanol–water partition coefficient (Wildman–Crippen LogP) is 4.57. The molecule has 1 rings (SSSR count). The molecule has 0 radical (unpaired) electrons. The lowest BCUT2D eigenvalue weighted by atomic mass is 9.95. The van der Waals surface area contributed by atoms with Crippen LogP contribution in [0.15, 0.2) is 12.1 Å². The van der Waals surface area contributed by atoms with Crippen LogP contribution in [-0.4, -0.2) is 13.1 Å². The van der Waals surface area contributed by atoms with E-state index in [1.807, 2.05) is 0 Å². The van der Waals surface area contributed by atoms with Crippen LogP contribution < -0.4 is 5.32 Å². The molecule has 0 aromatic heterocycles. The minimum absolute atomic E-state index is 0.762. The van der Waals surface area contributed by atoms with E-state index in [0.717, 1.165) is 12.5 Å². The van der Waals surface area contributed by atoms with Crippen molar-refractivity contribution in [2.45, 2.75) is 60.3 Å². The van der Waals surface area contributed by atoms with Crippen molar-refractivity contribution in [1.82, 2.24) is 5.32 Å². The summed E-state index contributed by atoms with van der Waals surface area (Å²) in [5.74, 6) is 0.762. The first kappa shape index (κ1) is 16.2. The van der Waals surface area contributed by atoms with Crippen LogP contribution >= 0.6 is 0 Å². The fraction of sp³-hybridized carbons (Fsp3) is 0.667. The third kappa shape index (κ3) is 6.24. The molecular formula is C18H31N. The lowest BCUT2D eigenvalue weighted by Crippen LogP contribution is -2.20. The zero-order chi connectivity index (χ0) is 14.3. The average molecular weight is 261 g/mol. The van der Waals surface area contributed by atoms with Crippen LogP contribution in [0.25, 0.3) is 0 Å². The maximum absolute atomic E-state index is 3.51. The van der Waals surface area contributed by atoms with Gasteiger partial charge in [-0.1, -0.05) is 38.0 Å². The Balaban J connectivity index is 2.23. The summed E-state index contributed by atoms with van der Waals surface area (Å²) in [6, 6.07) is 4.62. The Morgan fingerprint density at radius 2 is 1.58 bits per heavy atom. The number of aryl methyl sites for hydroxylation is 3. The molecule has 0 aliphatic rings. The number of benzene rings is 1. The monoisotopic (exact) mass is 261 g/mol. The molecule has 0 bridgehead atoms. The third-order valence-electron chi connectivity index (χ3n) is 3.67. The van der Waals surface area contributed by atoms with Gasteiger partial charge in [0.25, 0.3) is 0 Å². The number of hydrogen-bond acceptors (Lipinski definition) is 1. The fourth-order valence-electron chi connectivity index (χ4n) is 2.72. The van der Waals surface area contributed by atoms with Crippen molar-refractivity contribution in [3.63, 3.8) is 0 Å². The summed E-state index contributed by atoms with van der Waals surface area (Å²) in [4.78, 5) is 0. The van der Waals surface area contributed by atoms with E-state index in [1.54, 1.807) is 5.56 Å². The van der Waals surface area contributed by atoms with E-state index in [-0.39, 0.29) is 0 Å². The first-order valence-corrected chi connectivity index (χ1v) is 7.78. The highest BCUT2D eigenvalue weighted by Gasteiger charge is 2.03. The van der Waals surface area contributed by atoms with E-state index in [0.29, 0.717) is 0 Å². The number of hydrogen-bond donors (Lipinski definition) is 1. The maximum Gasteiger partial charge on any atom is -0.00258 e. The molecule has 1 aromatic carbocycles. The van der Waals surface area contributed by atoms with Crippen LogP contribution in [0.1, 0.15) is 55.4 Å². The van der Waals surface area contributed by atoms with Gasteiger partial charge in [-0.25, -0.2) is 0 Å². The summed E-state index contributed by atoms with van der Waals surface area (Å²) < 4.78 is 0. The molecule has 1 nitrogen and oxygen atoms in total. The van der Waals surface area contributed by atoms with E-state index in [9.17, 15) is 0 Å². The molecule has 0 aliphatic heterocycles. The Bertz CT molecular complexity index is 356. The Kier molecular flexibility index (Phi) is 7.15. The Morgan fingerprint density at radius 3 is 2.16 bits per heavy atom. The van der Waals surface area contributed by atoms with Crippen molar-refractivity contribution in [2.75, 3.05) is 13.1 Å². The standard InChI is InChI=1S/C18H31N/c1-14(2)13-19-10-8-6-7-9-18-16(4)11-15(3)12-17(18)5/h11-12,14,19H,6-10,13H2,1-5H3. The molecule has 0 saturated carbocycles. The van der Waals surface area contributed by atoms with E-state index in [4.69, 9.17) is 0 Å². The molecule has 0 spiro atoms. The highest BCUT2D eigenvalue weighted by molar-refractivity contribution is 5.37. The second-order valence-corrected chi connectivity index (χ2v) is 6.29. The Hall–Kier alpha value is -0.820. The zero-order valence-electron chi connectivity index (χ0n) is 13.5. The molecule has 0 atom stereocenters. The summed E-state index contributed by atoms with van der Waals surface area (Å²) in [5, 5.41) is 3.51. The molecule has 1 aromatic rings. The van der Waals surface area contributed by atoms with Crippen LogP contribution in [0.2, 0.25) is 0 Å². The van der Waals surface area contributed by atoms with Crippen LogP contribution in [0.5, 0.6) is 0 Å². The van der Waals surface area contributed by atoms with E-state index < -0.39 is 0 Å². The van der Waals surface area contributed by atoms with Crippen molar-refractivity contribution in [3.05, 3.63) is 34.4 Å². The van der Waals surface area contributed by atoms with Crippen molar-refractivity contribution in [3.8, 4) is 0 Å². The second kappa shape index (κ2) is 8.37. The zero-order valence-corrected chi connectivity index (χ0v) is 13.5. The maximum atomic E-state index is 3.51. The van der Waals surface area contributed by atoms with Gasteiger partial charge in [-0.05, 0) is 75.7 Å². The minimum Gasteiger partial charge on any atom is -0.316 e. The summed E-state index contributed by atoms with van der Waals surface area (Å²) >= 11 is 0. The number of rotatable bonds is 8. The summed E-state index contributed by atoms with van der Waals surface area (Å²) in [5.41, 5.74) is 5.89. The van der Waals surface area contributed by atoms with Crippen LogP contribution in [0, 0.1) is 26.7 Å². The third-order valence-corrected chi connectivity index (χ3v) is 3.67. The molecule has 0 saturated heterocycles. The number of unbranched alkanes of at least 4 members (excludes halogenated alkanes) is 2. The number of nitrogens with one attached hydrogen (secondary N) is 1. The van der Waals surface area contributed by atoms with Gasteiger partial charge in [0, 0.05) is 0 Å². The highest BCUT2D eigenvalue weighted by atomic mass is 14.8. The smallest absolute Gasteiger partial charge is 0.00258 e. The van der Waals surface area contributed by atoms with Gasteiger partial charge in [0.1, 0.15) is 0 Å². The van der Waals surface area contributed by atoms with Crippen molar-refractivity contribution in [1.29, 1.82) is 0 Å². The quantitative estimate of drug-likeness (QED) is 0.676. The van der Waals surface area contributed by atoms with Gasteiger partial charge in [-0.15, -0.1) is 0 Å². The normalized spacial score (nSPS) is 11.3. The molecule has 0 fully saturated rings. The van der Waals surface area contributed by atoms with Crippen LogP contribution in [-0.2, 0) is 6.42 Å². The lowest BCUT2D eigenvalue weighted by molar-refractivity contribution is 0.530. The van der Waals surface area contributed by atoms with Crippen molar-refractivity contribution in [2.24, 2.45) is 5.92 Å². The lowest BCUT2D eigenvalue weighted by Gasteiger charge is -2.11. The van der Waals surface area contributed by atoms with Crippen molar-refractivity contribution < 1.29 is 0 Å². The molecule has 108 valence electrons. The van der Waals surface area contributed by atoms with E-state index >= 15 is 0 Å². The van der Waals surface area contributed by atoms with Crippen molar-refractivity contribution >= 4 is 0 Å². The molecular weight excluding hydrogens is 230 g/mol. The second-order valence-electron chi connectivity index (χ2n) is 6.29. The van der Waals surface area contributed by atoms with Gasteiger partial charge in [0.15, 0.2) is 0 Å². The van der Waals surface area contributed by atoms with Gasteiger partial charge in [0.05, 0.1) is 0 Å². The topological polar surface area (TPSA) is 12.0 Å². The Morgan fingerprint density at radius 1 is 0.947 bits per heavy atom. The molecule has 0 aliphatic carbocycles. The summed E-state index contributed by atoms with van der Waals surface area (Å²) in [6.07, 6.45) is 5.19. The van der Waals surface area contributed by atoms with Gasteiger partial charge in [0.2, 0.25) is 0 Å². The van der Waals surface area contributed by atoms with Gasteiger partial charge in [-0.2, -0.15) is 0 Å². The highest BCUT2D eigenvalue weighted by Crippen LogP contribution is 2.18. The van der Waals surface area contributed by atoms with Gasteiger partial charge in [-0.3, -0.25) is 0 Å². The van der Waals surface area contributed by atoms with Gasteiger partial charge < -0.3 is 5.32 Å². The van der Waals surface area contributed by atoms with E-state index in [1.165, 1.54) is 48.9 Å². The summed E-state index contributed by atoms with van der Waals surface area (Å²) in [6.45, 7) is 13.5.